The third-order valence-electron chi connectivity index (χ3n) is 5.34. The number of rotatable bonds is 3. The predicted octanol–water partition coefficient (Wildman–Crippen LogP) is 6.15. The first-order chi connectivity index (χ1) is 13.8. The highest BCUT2D eigenvalue weighted by Gasteiger charge is 2.20. The number of hydrogen-bond donors (Lipinski definition) is 1. The number of nitrogens with two attached hydrogens (primary N) is 1. The molecule has 0 saturated heterocycles. The molecule has 0 bridgehead atoms. The van der Waals surface area contributed by atoms with Crippen LogP contribution in [-0.4, -0.2) is 4.98 Å². The second-order valence-electron chi connectivity index (χ2n) is 7.07. The van der Waals surface area contributed by atoms with E-state index >= 15 is 0 Å². The van der Waals surface area contributed by atoms with Crippen LogP contribution >= 0.6 is 0 Å². The number of anilines is 1. The smallest absolute Gasteiger partial charge is 0.0934 e. The van der Waals surface area contributed by atoms with Gasteiger partial charge in [-0.15, -0.1) is 0 Å². The molecule has 5 rings (SSSR count). The van der Waals surface area contributed by atoms with Gasteiger partial charge < -0.3 is 5.73 Å². The van der Waals surface area contributed by atoms with E-state index in [0.29, 0.717) is 5.69 Å². The number of fused-ring (bicyclic) bond motifs is 2. The van der Waals surface area contributed by atoms with E-state index in [-0.39, 0.29) is 5.92 Å². The lowest BCUT2D eigenvalue weighted by Gasteiger charge is -2.20. The fourth-order valence-corrected chi connectivity index (χ4v) is 4.00. The fourth-order valence-electron chi connectivity index (χ4n) is 4.00. The van der Waals surface area contributed by atoms with Crippen LogP contribution in [0.5, 0.6) is 0 Å². The summed E-state index contributed by atoms with van der Waals surface area (Å²) in [7, 11) is 0. The van der Waals surface area contributed by atoms with Crippen molar-refractivity contribution in [1.82, 2.24) is 4.98 Å². The minimum atomic E-state index is 0.0382. The van der Waals surface area contributed by atoms with E-state index in [2.05, 4.69) is 91.0 Å². The monoisotopic (exact) mass is 360 g/mol. The largest absolute Gasteiger partial charge is 0.397 e. The molecule has 0 saturated carbocycles. The van der Waals surface area contributed by atoms with E-state index in [4.69, 9.17) is 10.7 Å². The zero-order valence-corrected chi connectivity index (χ0v) is 15.4. The van der Waals surface area contributed by atoms with Gasteiger partial charge in [-0.2, -0.15) is 0 Å². The first-order valence-corrected chi connectivity index (χ1v) is 9.49. The number of nitrogen functional groups attached to an aromatic ring is 1. The van der Waals surface area contributed by atoms with E-state index in [1.807, 2.05) is 12.1 Å². The maximum atomic E-state index is 6.23. The van der Waals surface area contributed by atoms with Crippen LogP contribution < -0.4 is 5.73 Å². The highest BCUT2D eigenvalue weighted by Crippen LogP contribution is 2.36. The van der Waals surface area contributed by atoms with Gasteiger partial charge in [-0.1, -0.05) is 91.0 Å². The van der Waals surface area contributed by atoms with Gasteiger partial charge in [0.15, 0.2) is 0 Å². The number of para-hydroxylation sites is 1. The van der Waals surface area contributed by atoms with Crippen molar-refractivity contribution in [2.75, 3.05) is 5.73 Å². The maximum Gasteiger partial charge on any atom is 0.0934 e. The van der Waals surface area contributed by atoms with Gasteiger partial charge in [0, 0.05) is 5.39 Å². The molecule has 1 unspecified atom stereocenters. The SMILES string of the molecule is Nc1cccc2ccc(C(c3ccccc3)c3cccc4ccccc34)nc12. The van der Waals surface area contributed by atoms with Crippen molar-refractivity contribution in [3.63, 3.8) is 0 Å². The third-order valence-corrected chi connectivity index (χ3v) is 5.34. The summed E-state index contributed by atoms with van der Waals surface area (Å²) < 4.78 is 0. The van der Waals surface area contributed by atoms with Crippen LogP contribution in [0.4, 0.5) is 5.69 Å². The molecule has 0 aliphatic carbocycles. The average molecular weight is 360 g/mol. The van der Waals surface area contributed by atoms with E-state index in [1.54, 1.807) is 0 Å². The van der Waals surface area contributed by atoms with Crippen LogP contribution in [0.25, 0.3) is 21.7 Å². The number of aromatic nitrogens is 1. The van der Waals surface area contributed by atoms with Crippen molar-refractivity contribution < 1.29 is 0 Å². The highest BCUT2D eigenvalue weighted by molar-refractivity contribution is 5.90. The van der Waals surface area contributed by atoms with E-state index < -0.39 is 0 Å². The topological polar surface area (TPSA) is 38.9 Å². The zero-order chi connectivity index (χ0) is 18.9. The Hall–Kier alpha value is -3.65. The van der Waals surface area contributed by atoms with Crippen LogP contribution in [0.15, 0.2) is 103 Å². The first kappa shape index (κ1) is 16.5. The molecule has 1 atom stereocenters. The van der Waals surface area contributed by atoms with Crippen molar-refractivity contribution in [2.24, 2.45) is 0 Å². The number of hydrogen-bond acceptors (Lipinski definition) is 2. The molecule has 2 heteroatoms. The van der Waals surface area contributed by atoms with Gasteiger partial charge >= 0.3 is 0 Å². The number of pyridine rings is 1. The molecule has 0 radical (unpaired) electrons. The Bertz CT molecular complexity index is 1270. The summed E-state index contributed by atoms with van der Waals surface area (Å²) in [6.45, 7) is 0. The molecule has 0 spiro atoms. The molecule has 1 heterocycles. The molecular formula is C26H20N2. The number of nitrogens with zero attached hydrogens (tertiary/aromatic N) is 1. The predicted molar refractivity (Wildman–Crippen MR) is 117 cm³/mol. The summed E-state index contributed by atoms with van der Waals surface area (Å²) >= 11 is 0. The Morgan fingerprint density at radius 3 is 2.21 bits per heavy atom. The van der Waals surface area contributed by atoms with Gasteiger partial charge in [0.1, 0.15) is 0 Å². The Labute approximate surface area is 164 Å². The molecule has 5 aromatic rings. The van der Waals surface area contributed by atoms with Gasteiger partial charge in [0.2, 0.25) is 0 Å². The van der Waals surface area contributed by atoms with Crippen molar-refractivity contribution in [2.45, 2.75) is 5.92 Å². The van der Waals surface area contributed by atoms with Gasteiger partial charge in [-0.25, -0.2) is 4.98 Å². The Morgan fingerprint density at radius 1 is 0.607 bits per heavy atom. The van der Waals surface area contributed by atoms with E-state index in [1.165, 1.54) is 21.9 Å². The van der Waals surface area contributed by atoms with Crippen molar-refractivity contribution in [3.05, 3.63) is 120 Å². The maximum absolute atomic E-state index is 6.23. The Kier molecular flexibility index (Phi) is 4.02. The van der Waals surface area contributed by atoms with Gasteiger partial charge in [0.05, 0.1) is 22.8 Å². The highest BCUT2D eigenvalue weighted by atomic mass is 14.7. The second-order valence-corrected chi connectivity index (χ2v) is 7.07. The van der Waals surface area contributed by atoms with Gasteiger partial charge in [0.25, 0.3) is 0 Å². The average Bonchev–Trinajstić information content (AvgIpc) is 2.75. The standard InChI is InChI=1S/C26H20N2/c27-23-15-7-12-20-16-17-24(28-26(20)23)25(19-9-2-1-3-10-19)22-14-6-11-18-8-4-5-13-21(18)22/h1-17,25H,27H2. The molecule has 134 valence electrons. The van der Waals surface area contributed by atoms with E-state index in [0.717, 1.165) is 16.6 Å². The molecule has 2 N–H and O–H groups in total. The van der Waals surface area contributed by atoms with E-state index in [9.17, 15) is 0 Å². The van der Waals surface area contributed by atoms with Crippen LogP contribution in [0.2, 0.25) is 0 Å². The normalized spacial score (nSPS) is 12.3. The summed E-state index contributed by atoms with van der Waals surface area (Å²) in [4.78, 5) is 5.01. The summed E-state index contributed by atoms with van der Waals surface area (Å²) in [5, 5.41) is 3.55. The molecule has 0 fully saturated rings. The summed E-state index contributed by atoms with van der Waals surface area (Å²) in [6, 6.07) is 35.8. The van der Waals surface area contributed by atoms with Gasteiger partial charge in [-0.3, -0.25) is 0 Å². The van der Waals surface area contributed by atoms with Crippen LogP contribution in [0, 0.1) is 0 Å². The molecule has 0 aliphatic rings. The first-order valence-electron chi connectivity index (χ1n) is 9.49. The zero-order valence-electron chi connectivity index (χ0n) is 15.4. The van der Waals surface area contributed by atoms with Crippen molar-refractivity contribution in [3.8, 4) is 0 Å². The molecule has 0 amide bonds. The molecule has 4 aromatic carbocycles. The van der Waals surface area contributed by atoms with Crippen molar-refractivity contribution >= 4 is 27.4 Å². The summed E-state index contributed by atoms with van der Waals surface area (Å²) in [6.07, 6.45) is 0. The molecule has 2 nitrogen and oxygen atoms in total. The molecule has 1 aromatic heterocycles. The molecule has 28 heavy (non-hydrogen) atoms. The Morgan fingerprint density at radius 2 is 1.32 bits per heavy atom. The summed E-state index contributed by atoms with van der Waals surface area (Å²) in [5.41, 5.74) is 11.3. The molecule has 0 aliphatic heterocycles. The quantitative estimate of drug-likeness (QED) is 0.392. The third kappa shape index (κ3) is 2.80. The van der Waals surface area contributed by atoms with Crippen LogP contribution in [0.1, 0.15) is 22.7 Å². The summed E-state index contributed by atoms with van der Waals surface area (Å²) in [5.74, 6) is 0.0382. The lowest BCUT2D eigenvalue weighted by atomic mass is 9.85. The minimum absolute atomic E-state index is 0.0382. The number of benzene rings is 4. The van der Waals surface area contributed by atoms with Gasteiger partial charge in [-0.05, 0) is 34.0 Å². The lowest BCUT2D eigenvalue weighted by Crippen LogP contribution is -2.07. The van der Waals surface area contributed by atoms with Crippen LogP contribution in [0.3, 0.4) is 0 Å². The van der Waals surface area contributed by atoms with Crippen molar-refractivity contribution in [1.29, 1.82) is 0 Å². The minimum Gasteiger partial charge on any atom is -0.397 e. The Balaban J connectivity index is 1.80. The fraction of sp³-hybridized carbons (Fsp3) is 0.0385. The lowest BCUT2D eigenvalue weighted by molar-refractivity contribution is 0.939. The second kappa shape index (κ2) is 6.82. The molecular weight excluding hydrogens is 340 g/mol. The van der Waals surface area contributed by atoms with Crippen LogP contribution in [-0.2, 0) is 0 Å².